The number of pyridine rings is 1. The summed E-state index contributed by atoms with van der Waals surface area (Å²) < 4.78 is 4.88. The van der Waals surface area contributed by atoms with Crippen molar-refractivity contribution in [2.75, 3.05) is 26.0 Å². The first kappa shape index (κ1) is 29.7. The second-order valence-corrected chi connectivity index (χ2v) is 11.0. The van der Waals surface area contributed by atoms with Crippen LogP contribution < -0.4 is 5.32 Å². The van der Waals surface area contributed by atoms with Gasteiger partial charge in [-0.1, -0.05) is 105 Å². The summed E-state index contributed by atoms with van der Waals surface area (Å²) in [7, 11) is 2.86. The number of rotatable bonds is 10. The number of ether oxygens (including phenoxy) is 1. The first-order chi connectivity index (χ1) is 20.8. The van der Waals surface area contributed by atoms with Crippen LogP contribution in [0.4, 0.5) is 5.69 Å². The number of hydrogen-bond donors (Lipinski definition) is 1. The molecule has 0 bridgehead atoms. The lowest BCUT2D eigenvalue weighted by atomic mass is 9.76. The van der Waals surface area contributed by atoms with E-state index in [4.69, 9.17) is 4.74 Å². The van der Waals surface area contributed by atoms with Crippen molar-refractivity contribution in [2.45, 2.75) is 31.5 Å². The van der Waals surface area contributed by atoms with Crippen molar-refractivity contribution in [1.29, 1.82) is 0 Å². The molecule has 43 heavy (non-hydrogen) atoms. The van der Waals surface area contributed by atoms with E-state index in [0.717, 1.165) is 16.7 Å². The van der Waals surface area contributed by atoms with Gasteiger partial charge >= 0.3 is 5.97 Å². The predicted molar refractivity (Wildman–Crippen MR) is 165 cm³/mol. The molecule has 1 aliphatic heterocycles. The van der Waals surface area contributed by atoms with Gasteiger partial charge in [0.25, 0.3) is 5.91 Å². The Morgan fingerprint density at radius 3 is 1.79 bits per heavy atom. The molecule has 1 aliphatic rings. The molecule has 8 nitrogen and oxygen atoms in total. The zero-order valence-electron chi connectivity index (χ0n) is 24.8. The number of amides is 2. The zero-order chi connectivity index (χ0) is 30.6. The number of benzene rings is 3. The zero-order valence-corrected chi connectivity index (χ0v) is 24.8. The molecule has 0 radical (unpaired) electrons. The van der Waals surface area contributed by atoms with Gasteiger partial charge in [-0.2, -0.15) is 0 Å². The van der Waals surface area contributed by atoms with E-state index >= 15 is 0 Å². The van der Waals surface area contributed by atoms with E-state index in [-0.39, 0.29) is 23.6 Å². The molecule has 2 unspecified atom stereocenters. The minimum Gasteiger partial charge on any atom is -0.467 e. The molecule has 2 heterocycles. The van der Waals surface area contributed by atoms with Crippen LogP contribution in [-0.4, -0.2) is 65.4 Å². The summed E-state index contributed by atoms with van der Waals surface area (Å²) in [4.78, 5) is 46.8. The van der Waals surface area contributed by atoms with Gasteiger partial charge in [0, 0.05) is 13.6 Å². The summed E-state index contributed by atoms with van der Waals surface area (Å²) in [5.74, 6) is -1.19. The van der Waals surface area contributed by atoms with Crippen LogP contribution in [0.2, 0.25) is 0 Å². The van der Waals surface area contributed by atoms with Crippen molar-refractivity contribution < 1.29 is 19.1 Å². The number of esters is 1. The van der Waals surface area contributed by atoms with Crippen molar-refractivity contribution in [2.24, 2.45) is 5.92 Å². The maximum atomic E-state index is 13.6. The summed E-state index contributed by atoms with van der Waals surface area (Å²) in [6, 6.07) is 32.8. The van der Waals surface area contributed by atoms with Gasteiger partial charge < -0.3 is 15.0 Å². The molecular weight excluding hydrogens is 540 g/mol. The number of likely N-dealkylation sites (N-methyl/N-ethyl adjacent to an activating group) is 1. The average molecular weight is 577 g/mol. The Balaban J connectivity index is 1.38. The van der Waals surface area contributed by atoms with E-state index in [1.807, 2.05) is 68.4 Å². The highest BCUT2D eigenvalue weighted by molar-refractivity contribution is 5.98. The van der Waals surface area contributed by atoms with Crippen LogP contribution in [0.25, 0.3) is 0 Å². The maximum Gasteiger partial charge on any atom is 0.328 e. The Morgan fingerprint density at radius 1 is 0.860 bits per heavy atom. The fraction of sp³-hybridized carbons (Fsp3) is 0.257. The van der Waals surface area contributed by atoms with E-state index in [0.29, 0.717) is 12.2 Å². The quantitative estimate of drug-likeness (QED) is 0.163. The fourth-order valence-corrected chi connectivity index (χ4v) is 5.89. The molecule has 2 amide bonds. The third-order valence-electron chi connectivity index (χ3n) is 7.98. The summed E-state index contributed by atoms with van der Waals surface area (Å²) >= 11 is 0. The van der Waals surface area contributed by atoms with Crippen LogP contribution in [0.1, 0.15) is 41.0 Å². The molecule has 3 atom stereocenters. The molecule has 1 fully saturated rings. The van der Waals surface area contributed by atoms with E-state index in [1.165, 1.54) is 18.2 Å². The molecule has 1 aromatic heterocycles. The highest BCUT2D eigenvalue weighted by Crippen LogP contribution is 2.48. The molecule has 1 N–H and O–H groups in total. The standard InChI is InChI=1S/C35H36N4O4/c1-24(2)31(34(42)43-4)38(3)33(41)29-21-20-28(22-36-29)37-32(40)30-23-39(30)35(25-14-8-5-9-15-25,26-16-10-6-11-17-26)27-18-12-7-13-19-27/h5-22,24,30-31H,23H2,1-4H3,(H,37,40)/t30?,31?,39-/m1/s1. The largest absolute Gasteiger partial charge is 0.467 e. The van der Waals surface area contributed by atoms with E-state index < -0.39 is 23.5 Å². The SMILES string of the molecule is COC(=O)C(C(C)C)N(C)C(=O)c1ccc(NC(=O)C2C[N@@]2C(c2ccccc2)(c2ccccc2)c2ccccc2)cn1. The summed E-state index contributed by atoms with van der Waals surface area (Å²) in [6.07, 6.45) is 1.47. The fourth-order valence-electron chi connectivity index (χ4n) is 5.89. The van der Waals surface area contributed by atoms with Crippen LogP contribution in [0.15, 0.2) is 109 Å². The van der Waals surface area contributed by atoms with Gasteiger partial charge in [-0.25, -0.2) is 9.78 Å². The van der Waals surface area contributed by atoms with Gasteiger partial charge in [0.15, 0.2) is 0 Å². The van der Waals surface area contributed by atoms with Gasteiger partial charge in [-0.3, -0.25) is 14.5 Å². The van der Waals surface area contributed by atoms with E-state index in [1.54, 1.807) is 19.2 Å². The van der Waals surface area contributed by atoms with Crippen molar-refractivity contribution >= 4 is 23.5 Å². The number of hydrogen-bond acceptors (Lipinski definition) is 6. The lowest BCUT2D eigenvalue weighted by molar-refractivity contribution is -0.147. The molecule has 5 rings (SSSR count). The second-order valence-electron chi connectivity index (χ2n) is 11.0. The third kappa shape index (κ3) is 5.79. The van der Waals surface area contributed by atoms with Gasteiger partial charge in [-0.05, 0) is 34.7 Å². The number of carbonyl (C=O) groups excluding carboxylic acids is 3. The maximum absolute atomic E-state index is 13.6. The van der Waals surface area contributed by atoms with Crippen LogP contribution in [0.3, 0.4) is 0 Å². The minimum atomic E-state index is -0.737. The van der Waals surface area contributed by atoms with E-state index in [2.05, 4.69) is 51.6 Å². The Bertz CT molecular complexity index is 1460. The molecule has 3 aromatic carbocycles. The normalized spacial score (nSPS) is 16.7. The molecular formula is C35H36N4O4. The first-order valence-electron chi connectivity index (χ1n) is 14.3. The van der Waals surface area contributed by atoms with Crippen molar-refractivity contribution in [3.63, 3.8) is 0 Å². The number of aromatic nitrogens is 1. The molecule has 0 saturated carbocycles. The highest BCUT2D eigenvalue weighted by Gasteiger charge is 2.56. The molecule has 0 aliphatic carbocycles. The lowest BCUT2D eigenvalue weighted by Gasteiger charge is -2.38. The Hall–Kier alpha value is -4.82. The highest BCUT2D eigenvalue weighted by atomic mass is 16.5. The van der Waals surface area contributed by atoms with Gasteiger partial charge in [0.05, 0.1) is 24.5 Å². The monoisotopic (exact) mass is 576 g/mol. The Morgan fingerprint density at radius 2 is 1.37 bits per heavy atom. The van der Waals surface area contributed by atoms with E-state index in [9.17, 15) is 14.4 Å². The third-order valence-corrected chi connectivity index (χ3v) is 7.98. The van der Waals surface area contributed by atoms with Crippen molar-refractivity contribution in [3.05, 3.63) is 132 Å². The summed E-state index contributed by atoms with van der Waals surface area (Å²) in [6.45, 7) is 4.25. The predicted octanol–water partition coefficient (Wildman–Crippen LogP) is 4.97. The second kappa shape index (κ2) is 12.6. The van der Waals surface area contributed by atoms with Gasteiger partial charge in [0.2, 0.25) is 5.91 Å². The molecule has 0 spiro atoms. The van der Waals surface area contributed by atoms with Gasteiger partial charge in [-0.15, -0.1) is 0 Å². The number of nitrogens with one attached hydrogen (secondary N) is 1. The van der Waals surface area contributed by atoms with Gasteiger partial charge in [0.1, 0.15) is 17.8 Å². The Labute approximate surface area is 252 Å². The van der Waals surface area contributed by atoms with Crippen LogP contribution in [0.5, 0.6) is 0 Å². The molecule has 8 heteroatoms. The topological polar surface area (TPSA) is 91.6 Å². The molecule has 4 aromatic rings. The van der Waals surface area contributed by atoms with Crippen LogP contribution >= 0.6 is 0 Å². The first-order valence-corrected chi connectivity index (χ1v) is 14.3. The van der Waals surface area contributed by atoms with Crippen LogP contribution in [-0.2, 0) is 19.9 Å². The number of carbonyl (C=O) groups is 3. The summed E-state index contributed by atoms with van der Waals surface area (Å²) in [5, 5.41) is 2.98. The molecule has 1 saturated heterocycles. The average Bonchev–Trinajstić information content (AvgIpc) is 3.84. The Kier molecular flexibility index (Phi) is 8.68. The minimum absolute atomic E-state index is 0.142. The van der Waals surface area contributed by atoms with Crippen molar-refractivity contribution in [1.82, 2.24) is 14.8 Å². The molecule has 220 valence electrons. The summed E-state index contributed by atoms with van der Waals surface area (Å²) in [5.41, 5.74) is 3.19. The number of nitrogens with zero attached hydrogens (tertiary/aromatic N) is 3. The number of methoxy groups -OCH3 is 1. The lowest BCUT2D eigenvalue weighted by Crippen LogP contribution is -2.46. The number of anilines is 1. The van der Waals surface area contributed by atoms with Crippen molar-refractivity contribution in [3.8, 4) is 0 Å². The van der Waals surface area contributed by atoms with Crippen LogP contribution in [0, 0.1) is 5.92 Å². The smallest absolute Gasteiger partial charge is 0.328 e.